The Bertz CT molecular complexity index is 1280. The van der Waals surface area contributed by atoms with Crippen molar-refractivity contribution in [1.82, 2.24) is 14.9 Å². The minimum absolute atomic E-state index is 0.0855. The van der Waals surface area contributed by atoms with Gasteiger partial charge < -0.3 is 14.6 Å². The lowest BCUT2D eigenvalue weighted by Gasteiger charge is -2.12. The molecule has 1 heterocycles. The highest BCUT2D eigenvalue weighted by Crippen LogP contribution is 2.21. The molecule has 0 unspecified atom stereocenters. The van der Waals surface area contributed by atoms with Crippen molar-refractivity contribution in [3.8, 4) is 5.75 Å². The lowest BCUT2D eigenvalue weighted by atomic mass is 10.1. The highest BCUT2D eigenvalue weighted by molar-refractivity contribution is 5.78. The molecule has 0 bridgehead atoms. The number of unbranched alkanes of at least 4 members (excludes halogenated alkanes) is 2. The molecule has 1 N–H and O–H groups in total. The molecule has 0 aliphatic heterocycles. The van der Waals surface area contributed by atoms with Crippen LogP contribution in [0, 0.1) is 0 Å². The molecule has 0 spiro atoms. The zero-order chi connectivity index (χ0) is 25.7. The van der Waals surface area contributed by atoms with Crippen LogP contribution < -0.4 is 10.1 Å². The fourth-order valence-corrected chi connectivity index (χ4v) is 4.60. The summed E-state index contributed by atoms with van der Waals surface area (Å²) in [4.78, 5) is 17.1. The van der Waals surface area contributed by atoms with Gasteiger partial charge in [-0.25, -0.2) is 4.98 Å². The monoisotopic (exact) mass is 495 g/mol. The Kier molecular flexibility index (Phi) is 9.94. The summed E-state index contributed by atoms with van der Waals surface area (Å²) in [6.45, 7) is 6.09. The number of carbonyl (C=O) groups excluding carboxylic acids is 1. The second-order valence-corrected chi connectivity index (χ2v) is 9.29. The van der Waals surface area contributed by atoms with Gasteiger partial charge in [-0.1, -0.05) is 73.2 Å². The second kappa shape index (κ2) is 14.0. The minimum atomic E-state index is 0.0855. The van der Waals surface area contributed by atoms with Crippen LogP contribution in [-0.4, -0.2) is 28.6 Å². The van der Waals surface area contributed by atoms with Gasteiger partial charge in [-0.05, 0) is 55.0 Å². The van der Waals surface area contributed by atoms with Crippen LogP contribution in [0.15, 0.2) is 91.5 Å². The van der Waals surface area contributed by atoms with Gasteiger partial charge in [0.15, 0.2) is 0 Å². The van der Waals surface area contributed by atoms with Crippen LogP contribution in [0.2, 0.25) is 0 Å². The van der Waals surface area contributed by atoms with Crippen molar-refractivity contribution < 1.29 is 9.53 Å². The number of fused-ring (bicyclic) bond motifs is 1. The molecule has 4 aromatic rings. The fourth-order valence-electron chi connectivity index (χ4n) is 4.60. The normalized spacial score (nSPS) is 10.9. The highest BCUT2D eigenvalue weighted by Gasteiger charge is 2.11. The van der Waals surface area contributed by atoms with E-state index in [1.54, 1.807) is 0 Å². The van der Waals surface area contributed by atoms with Gasteiger partial charge in [0.1, 0.15) is 11.6 Å². The number of imidazole rings is 1. The van der Waals surface area contributed by atoms with Crippen LogP contribution in [0.4, 0.5) is 0 Å². The lowest BCUT2D eigenvalue weighted by Crippen LogP contribution is -2.26. The van der Waals surface area contributed by atoms with E-state index in [1.807, 2.05) is 60.7 Å². The molecule has 1 amide bonds. The average molecular weight is 496 g/mol. The van der Waals surface area contributed by atoms with Gasteiger partial charge >= 0.3 is 0 Å². The number of aryl methyl sites for hydroxylation is 2. The molecule has 37 heavy (non-hydrogen) atoms. The summed E-state index contributed by atoms with van der Waals surface area (Å²) in [5, 5.41) is 3.04. The van der Waals surface area contributed by atoms with Crippen molar-refractivity contribution in [3.05, 3.63) is 108 Å². The molecule has 0 atom stereocenters. The zero-order valence-corrected chi connectivity index (χ0v) is 21.6. The predicted molar refractivity (Wildman–Crippen MR) is 151 cm³/mol. The van der Waals surface area contributed by atoms with Gasteiger partial charge in [0, 0.05) is 19.5 Å². The van der Waals surface area contributed by atoms with Crippen molar-refractivity contribution in [2.45, 2.75) is 51.5 Å². The van der Waals surface area contributed by atoms with E-state index in [0.29, 0.717) is 19.6 Å². The molecule has 0 saturated carbocycles. The first-order valence-electron chi connectivity index (χ1n) is 13.3. The summed E-state index contributed by atoms with van der Waals surface area (Å²) in [6, 6.07) is 26.4. The van der Waals surface area contributed by atoms with Crippen molar-refractivity contribution >= 4 is 16.9 Å². The van der Waals surface area contributed by atoms with E-state index in [-0.39, 0.29) is 5.91 Å². The first kappa shape index (κ1) is 26.2. The molecule has 3 aromatic carbocycles. The van der Waals surface area contributed by atoms with Crippen molar-refractivity contribution in [2.24, 2.45) is 0 Å². The third-order valence-electron chi connectivity index (χ3n) is 6.46. The number of ether oxygens (including phenoxy) is 1. The Morgan fingerprint density at radius 1 is 0.919 bits per heavy atom. The Hall–Kier alpha value is -3.86. The molecule has 5 heteroatoms. The molecule has 0 aliphatic rings. The first-order chi connectivity index (χ1) is 18.2. The molecule has 5 nitrogen and oxygen atoms in total. The number of carbonyl (C=O) groups is 1. The Labute approximate surface area is 220 Å². The van der Waals surface area contributed by atoms with Gasteiger partial charge in [0.25, 0.3) is 0 Å². The third-order valence-corrected chi connectivity index (χ3v) is 6.46. The van der Waals surface area contributed by atoms with E-state index in [9.17, 15) is 4.79 Å². The number of nitrogens with zero attached hydrogens (tertiary/aromatic N) is 2. The van der Waals surface area contributed by atoms with Gasteiger partial charge in [-0.15, -0.1) is 6.58 Å². The van der Waals surface area contributed by atoms with Crippen molar-refractivity contribution in [2.75, 3.05) is 13.2 Å². The Morgan fingerprint density at radius 3 is 2.57 bits per heavy atom. The van der Waals surface area contributed by atoms with Crippen molar-refractivity contribution in [1.29, 1.82) is 0 Å². The number of para-hydroxylation sites is 3. The Morgan fingerprint density at radius 2 is 1.70 bits per heavy atom. The number of allylic oxidation sites excluding steroid dienone is 1. The van der Waals surface area contributed by atoms with Crippen molar-refractivity contribution in [3.63, 3.8) is 0 Å². The third kappa shape index (κ3) is 7.81. The summed E-state index contributed by atoms with van der Waals surface area (Å²) in [5.41, 5.74) is 4.44. The molecule has 1 aromatic heterocycles. The number of nitrogens with one attached hydrogen (secondary N) is 1. The molecule has 0 aliphatic carbocycles. The maximum atomic E-state index is 12.1. The summed E-state index contributed by atoms with van der Waals surface area (Å²) in [5.74, 6) is 2.15. The SMILES string of the molecule is C=CCc1ccccc1OCCCn1c(CCCCCNC(=O)Cc2ccccc2)nc2ccccc21. The summed E-state index contributed by atoms with van der Waals surface area (Å²) >= 11 is 0. The number of rotatable bonds is 15. The summed E-state index contributed by atoms with van der Waals surface area (Å²) in [7, 11) is 0. The standard InChI is InChI=1S/C32H37N3O2/c1-2-14-27-17-8-11-20-30(27)37-24-13-23-35-29-19-10-9-18-28(29)34-31(35)21-7-4-12-22-33-32(36)25-26-15-5-3-6-16-26/h2-3,5-6,8-11,15-20H,1,4,7,12-14,21-25H2,(H,33,36). The smallest absolute Gasteiger partial charge is 0.224 e. The van der Waals surface area contributed by atoms with Gasteiger partial charge in [0.2, 0.25) is 5.91 Å². The molecular formula is C32H37N3O2. The average Bonchev–Trinajstić information content (AvgIpc) is 3.27. The molecule has 0 fully saturated rings. The van der Waals surface area contributed by atoms with E-state index < -0.39 is 0 Å². The van der Waals surface area contributed by atoms with Crippen LogP contribution in [-0.2, 0) is 30.6 Å². The zero-order valence-electron chi connectivity index (χ0n) is 21.6. The number of aromatic nitrogens is 2. The van der Waals surface area contributed by atoms with Gasteiger partial charge in [-0.2, -0.15) is 0 Å². The topological polar surface area (TPSA) is 56.1 Å². The summed E-state index contributed by atoms with van der Waals surface area (Å²) < 4.78 is 8.45. The number of hydrogen-bond donors (Lipinski definition) is 1. The largest absolute Gasteiger partial charge is 0.493 e. The lowest BCUT2D eigenvalue weighted by molar-refractivity contribution is -0.120. The van der Waals surface area contributed by atoms with Gasteiger partial charge in [0.05, 0.1) is 24.1 Å². The summed E-state index contributed by atoms with van der Waals surface area (Å²) in [6.07, 6.45) is 8.06. The van der Waals surface area contributed by atoms with E-state index in [1.165, 1.54) is 11.1 Å². The first-order valence-corrected chi connectivity index (χ1v) is 13.3. The maximum absolute atomic E-state index is 12.1. The molecule has 4 rings (SSSR count). The van der Waals surface area contributed by atoms with Crippen LogP contribution >= 0.6 is 0 Å². The molecule has 192 valence electrons. The number of amides is 1. The van der Waals surface area contributed by atoms with E-state index in [4.69, 9.17) is 9.72 Å². The van der Waals surface area contributed by atoms with Crippen LogP contribution in [0.1, 0.15) is 42.6 Å². The minimum Gasteiger partial charge on any atom is -0.493 e. The van der Waals surface area contributed by atoms with Crippen LogP contribution in [0.3, 0.4) is 0 Å². The number of benzene rings is 3. The second-order valence-electron chi connectivity index (χ2n) is 9.29. The Balaban J connectivity index is 1.23. The van der Waals surface area contributed by atoms with E-state index >= 15 is 0 Å². The molecule has 0 saturated heterocycles. The molecular weight excluding hydrogens is 458 g/mol. The predicted octanol–water partition coefficient (Wildman–Crippen LogP) is 6.31. The maximum Gasteiger partial charge on any atom is 0.224 e. The van der Waals surface area contributed by atoms with Crippen LogP contribution in [0.25, 0.3) is 11.0 Å². The highest BCUT2D eigenvalue weighted by atomic mass is 16.5. The number of hydrogen-bond acceptors (Lipinski definition) is 3. The van der Waals surface area contributed by atoms with E-state index in [0.717, 1.165) is 67.7 Å². The van der Waals surface area contributed by atoms with E-state index in [2.05, 4.69) is 40.7 Å². The quantitative estimate of drug-likeness (QED) is 0.155. The van der Waals surface area contributed by atoms with Crippen LogP contribution in [0.5, 0.6) is 5.75 Å². The molecule has 0 radical (unpaired) electrons. The fraction of sp³-hybridized carbons (Fsp3) is 0.312. The van der Waals surface area contributed by atoms with Gasteiger partial charge in [-0.3, -0.25) is 4.79 Å².